The highest BCUT2D eigenvalue weighted by molar-refractivity contribution is 5.81. The van der Waals surface area contributed by atoms with E-state index < -0.39 is 0 Å². The zero-order valence-electron chi connectivity index (χ0n) is 8.75. The second kappa shape index (κ2) is 5.98. The molecule has 2 atom stereocenters. The van der Waals surface area contributed by atoms with E-state index >= 15 is 0 Å². The summed E-state index contributed by atoms with van der Waals surface area (Å²) in [4.78, 5) is 11.5. The molecule has 14 heavy (non-hydrogen) atoms. The number of nitrogens with one attached hydrogen (secondary N) is 2. The Morgan fingerprint density at radius 1 is 1.71 bits per heavy atom. The first kappa shape index (κ1) is 11.5. The third kappa shape index (κ3) is 4.07. The number of aliphatic hydroxyl groups is 1. The Balaban J connectivity index is 2.03. The van der Waals surface area contributed by atoms with Gasteiger partial charge in [0, 0.05) is 6.54 Å². The van der Waals surface area contributed by atoms with Crippen molar-refractivity contribution < 1.29 is 9.90 Å². The predicted octanol–water partition coefficient (Wildman–Crippen LogP) is 0.0156. The smallest absolute Gasteiger partial charge is 0.237 e. The fourth-order valence-corrected chi connectivity index (χ4v) is 1.64. The van der Waals surface area contributed by atoms with Crippen LogP contribution in [0.5, 0.6) is 0 Å². The zero-order chi connectivity index (χ0) is 10.4. The maximum Gasteiger partial charge on any atom is 0.237 e. The highest BCUT2D eigenvalue weighted by atomic mass is 16.3. The van der Waals surface area contributed by atoms with Crippen LogP contribution >= 0.6 is 0 Å². The molecule has 1 aliphatic rings. The molecule has 0 radical (unpaired) electrons. The lowest BCUT2D eigenvalue weighted by Gasteiger charge is -2.11. The molecule has 0 aromatic rings. The molecule has 82 valence electrons. The molecule has 4 heteroatoms. The molecule has 0 aliphatic carbocycles. The maximum atomic E-state index is 11.5. The summed E-state index contributed by atoms with van der Waals surface area (Å²) in [5.41, 5.74) is 0. The molecule has 0 aromatic heterocycles. The van der Waals surface area contributed by atoms with E-state index in [1.807, 2.05) is 0 Å². The average molecular weight is 200 g/mol. The van der Waals surface area contributed by atoms with E-state index in [2.05, 4.69) is 10.6 Å². The van der Waals surface area contributed by atoms with E-state index in [1.165, 1.54) is 0 Å². The summed E-state index contributed by atoms with van der Waals surface area (Å²) in [6.45, 7) is 3.38. The molecule has 1 heterocycles. The van der Waals surface area contributed by atoms with Crippen LogP contribution in [0.15, 0.2) is 0 Å². The summed E-state index contributed by atoms with van der Waals surface area (Å²) in [5.74, 6) is 0.105. The Kier molecular flexibility index (Phi) is 4.90. The fraction of sp³-hybridized carbons (Fsp3) is 0.900. The van der Waals surface area contributed by atoms with E-state index in [1.54, 1.807) is 6.92 Å². The van der Waals surface area contributed by atoms with Crippen molar-refractivity contribution in [2.24, 2.45) is 0 Å². The van der Waals surface area contributed by atoms with Gasteiger partial charge in [-0.3, -0.25) is 4.79 Å². The normalized spacial score (nSPS) is 23.4. The second-order valence-electron chi connectivity index (χ2n) is 3.93. The first-order valence-corrected chi connectivity index (χ1v) is 5.39. The summed E-state index contributed by atoms with van der Waals surface area (Å²) >= 11 is 0. The van der Waals surface area contributed by atoms with E-state index in [-0.39, 0.29) is 18.1 Å². The Morgan fingerprint density at radius 3 is 3.07 bits per heavy atom. The van der Waals surface area contributed by atoms with E-state index in [0.29, 0.717) is 6.54 Å². The highest BCUT2D eigenvalue weighted by Crippen LogP contribution is 2.04. The Morgan fingerprint density at radius 2 is 2.50 bits per heavy atom. The van der Waals surface area contributed by atoms with Crippen molar-refractivity contribution in [3.05, 3.63) is 0 Å². The van der Waals surface area contributed by atoms with E-state index in [4.69, 9.17) is 5.11 Å². The summed E-state index contributed by atoms with van der Waals surface area (Å²) in [5, 5.41) is 15.0. The van der Waals surface area contributed by atoms with Gasteiger partial charge in [0.25, 0.3) is 0 Å². The van der Waals surface area contributed by atoms with Gasteiger partial charge in [-0.15, -0.1) is 0 Å². The largest absolute Gasteiger partial charge is 0.393 e. The SMILES string of the molecule is CC(O)CCCNC(=O)[C@H]1CCCN1. The van der Waals surface area contributed by atoms with Gasteiger partial charge in [-0.2, -0.15) is 0 Å². The van der Waals surface area contributed by atoms with Crippen LogP contribution in [0.2, 0.25) is 0 Å². The highest BCUT2D eigenvalue weighted by Gasteiger charge is 2.20. The number of carbonyl (C=O) groups is 1. The molecule has 0 bridgehead atoms. The Labute approximate surface area is 85.1 Å². The molecule has 0 spiro atoms. The van der Waals surface area contributed by atoms with Crippen LogP contribution in [-0.4, -0.2) is 36.2 Å². The second-order valence-corrected chi connectivity index (χ2v) is 3.93. The molecular formula is C10H20N2O2. The summed E-state index contributed by atoms with van der Waals surface area (Å²) in [6, 6.07) is 0.0153. The van der Waals surface area contributed by atoms with Crippen molar-refractivity contribution in [3.8, 4) is 0 Å². The van der Waals surface area contributed by atoms with Gasteiger partial charge < -0.3 is 15.7 Å². The lowest BCUT2D eigenvalue weighted by Crippen LogP contribution is -2.40. The van der Waals surface area contributed by atoms with Gasteiger partial charge in [0.1, 0.15) is 0 Å². The Bertz CT molecular complexity index is 177. The molecule has 3 N–H and O–H groups in total. The van der Waals surface area contributed by atoms with Gasteiger partial charge >= 0.3 is 0 Å². The van der Waals surface area contributed by atoms with Crippen LogP contribution in [0.25, 0.3) is 0 Å². The zero-order valence-corrected chi connectivity index (χ0v) is 8.75. The van der Waals surface area contributed by atoms with Crippen molar-refractivity contribution >= 4 is 5.91 Å². The lowest BCUT2D eigenvalue weighted by atomic mass is 10.2. The standard InChI is InChI=1S/C10H20N2O2/c1-8(13)4-2-7-12-10(14)9-5-3-6-11-9/h8-9,11,13H,2-7H2,1H3,(H,12,14)/t8?,9-/m1/s1. The van der Waals surface area contributed by atoms with Crippen molar-refractivity contribution in [2.75, 3.05) is 13.1 Å². The Hall–Kier alpha value is -0.610. The van der Waals surface area contributed by atoms with Crippen LogP contribution in [0.4, 0.5) is 0 Å². The molecule has 4 nitrogen and oxygen atoms in total. The molecule has 1 unspecified atom stereocenters. The van der Waals surface area contributed by atoms with Crippen LogP contribution in [0.1, 0.15) is 32.6 Å². The van der Waals surface area contributed by atoms with E-state index in [0.717, 1.165) is 32.2 Å². The summed E-state index contributed by atoms with van der Waals surface area (Å²) < 4.78 is 0. The molecule has 1 rings (SSSR count). The van der Waals surface area contributed by atoms with Crippen molar-refractivity contribution in [1.82, 2.24) is 10.6 Å². The number of amides is 1. The summed E-state index contributed by atoms with van der Waals surface area (Å²) in [7, 11) is 0. The van der Waals surface area contributed by atoms with Gasteiger partial charge in [0.15, 0.2) is 0 Å². The van der Waals surface area contributed by atoms with Crippen LogP contribution < -0.4 is 10.6 Å². The fourth-order valence-electron chi connectivity index (χ4n) is 1.64. The van der Waals surface area contributed by atoms with Crippen LogP contribution in [0, 0.1) is 0 Å². The number of carbonyl (C=O) groups excluding carboxylic acids is 1. The third-order valence-corrected chi connectivity index (χ3v) is 2.47. The molecule has 0 aromatic carbocycles. The monoisotopic (exact) mass is 200 g/mol. The first-order chi connectivity index (χ1) is 6.70. The lowest BCUT2D eigenvalue weighted by molar-refractivity contribution is -0.122. The molecule has 0 saturated carbocycles. The van der Waals surface area contributed by atoms with Gasteiger partial charge in [-0.25, -0.2) is 0 Å². The number of hydrogen-bond acceptors (Lipinski definition) is 3. The van der Waals surface area contributed by atoms with Crippen LogP contribution in [0.3, 0.4) is 0 Å². The average Bonchev–Trinajstić information content (AvgIpc) is 2.64. The van der Waals surface area contributed by atoms with Crippen molar-refractivity contribution in [2.45, 2.75) is 44.8 Å². The maximum absolute atomic E-state index is 11.5. The van der Waals surface area contributed by atoms with Gasteiger partial charge in [0.05, 0.1) is 12.1 Å². The van der Waals surface area contributed by atoms with Gasteiger partial charge in [-0.1, -0.05) is 0 Å². The number of rotatable bonds is 5. The van der Waals surface area contributed by atoms with Crippen molar-refractivity contribution in [3.63, 3.8) is 0 Å². The van der Waals surface area contributed by atoms with Crippen molar-refractivity contribution in [1.29, 1.82) is 0 Å². The van der Waals surface area contributed by atoms with Gasteiger partial charge in [0.2, 0.25) is 5.91 Å². The molecule has 1 amide bonds. The quantitative estimate of drug-likeness (QED) is 0.548. The molecular weight excluding hydrogens is 180 g/mol. The van der Waals surface area contributed by atoms with Gasteiger partial charge in [-0.05, 0) is 39.2 Å². The molecule has 1 fully saturated rings. The predicted molar refractivity (Wildman–Crippen MR) is 54.9 cm³/mol. The minimum atomic E-state index is -0.267. The minimum absolute atomic E-state index is 0.0153. The molecule has 1 saturated heterocycles. The first-order valence-electron chi connectivity index (χ1n) is 5.39. The third-order valence-electron chi connectivity index (χ3n) is 2.47. The molecule has 1 aliphatic heterocycles. The van der Waals surface area contributed by atoms with E-state index in [9.17, 15) is 4.79 Å². The summed E-state index contributed by atoms with van der Waals surface area (Å²) in [6.07, 6.45) is 3.36. The number of hydrogen-bond donors (Lipinski definition) is 3. The van der Waals surface area contributed by atoms with Crippen LogP contribution in [-0.2, 0) is 4.79 Å². The topological polar surface area (TPSA) is 61.4 Å². The minimum Gasteiger partial charge on any atom is -0.393 e. The number of aliphatic hydroxyl groups excluding tert-OH is 1.